The van der Waals surface area contributed by atoms with E-state index >= 15 is 0 Å². The summed E-state index contributed by atoms with van der Waals surface area (Å²) in [5, 5.41) is 5.14. The smallest absolute Gasteiger partial charge is 0.295 e. The lowest BCUT2D eigenvalue weighted by molar-refractivity contribution is -0.123. The third-order valence-corrected chi connectivity index (χ3v) is 6.53. The van der Waals surface area contributed by atoms with E-state index in [0.29, 0.717) is 0 Å². The SMILES string of the molecule is CCc1ccccc1N(C(=O)c1ccco1)[C@@H](C(=O)NC1CCCC1)c1cccs1. The third-order valence-electron chi connectivity index (χ3n) is 5.60. The molecular formula is C24H26N2O3S. The van der Waals surface area contributed by atoms with Crippen molar-refractivity contribution in [1.82, 2.24) is 5.32 Å². The number of benzene rings is 1. The average Bonchev–Trinajstić information content (AvgIpc) is 3.55. The van der Waals surface area contributed by atoms with Gasteiger partial charge in [0.2, 0.25) is 5.91 Å². The quantitative estimate of drug-likeness (QED) is 0.558. The zero-order valence-electron chi connectivity index (χ0n) is 17.0. The molecular weight excluding hydrogens is 396 g/mol. The van der Waals surface area contributed by atoms with E-state index in [0.717, 1.165) is 48.2 Å². The van der Waals surface area contributed by atoms with E-state index < -0.39 is 6.04 Å². The second-order valence-electron chi connectivity index (χ2n) is 7.54. The van der Waals surface area contributed by atoms with Gasteiger partial charge in [-0.05, 0) is 54.5 Å². The van der Waals surface area contributed by atoms with Crippen LogP contribution < -0.4 is 10.2 Å². The van der Waals surface area contributed by atoms with Gasteiger partial charge in [-0.3, -0.25) is 14.5 Å². The molecule has 0 aliphatic heterocycles. The fourth-order valence-electron chi connectivity index (χ4n) is 4.10. The number of para-hydroxylation sites is 1. The fourth-order valence-corrected chi connectivity index (χ4v) is 4.91. The predicted octanol–water partition coefficient (Wildman–Crippen LogP) is 5.35. The maximum absolute atomic E-state index is 13.6. The summed E-state index contributed by atoms with van der Waals surface area (Å²) in [7, 11) is 0. The van der Waals surface area contributed by atoms with Gasteiger partial charge in [0, 0.05) is 16.6 Å². The Hall–Kier alpha value is -2.86. The number of hydrogen-bond acceptors (Lipinski definition) is 4. The first kappa shape index (κ1) is 20.4. The molecule has 0 saturated heterocycles. The number of furan rings is 1. The molecule has 1 saturated carbocycles. The molecule has 2 amide bonds. The third kappa shape index (κ3) is 4.19. The van der Waals surface area contributed by atoms with E-state index in [1.165, 1.54) is 17.6 Å². The van der Waals surface area contributed by atoms with Crippen molar-refractivity contribution in [2.75, 3.05) is 4.90 Å². The van der Waals surface area contributed by atoms with Gasteiger partial charge in [0.25, 0.3) is 5.91 Å². The fraction of sp³-hybridized carbons (Fsp3) is 0.333. The second kappa shape index (κ2) is 9.30. The first-order valence-corrected chi connectivity index (χ1v) is 11.4. The van der Waals surface area contributed by atoms with Crippen LogP contribution in [0, 0.1) is 0 Å². The normalized spacial score (nSPS) is 15.1. The van der Waals surface area contributed by atoms with Crippen LogP contribution in [-0.2, 0) is 11.2 Å². The molecule has 6 heteroatoms. The van der Waals surface area contributed by atoms with Crippen LogP contribution in [0.1, 0.15) is 59.6 Å². The lowest BCUT2D eigenvalue weighted by Gasteiger charge is -2.32. The largest absolute Gasteiger partial charge is 0.459 e. The Balaban J connectivity index is 1.80. The van der Waals surface area contributed by atoms with Gasteiger partial charge in [-0.25, -0.2) is 0 Å². The van der Waals surface area contributed by atoms with Gasteiger partial charge < -0.3 is 9.73 Å². The lowest BCUT2D eigenvalue weighted by Crippen LogP contribution is -2.46. The Kier molecular flexibility index (Phi) is 6.33. The summed E-state index contributed by atoms with van der Waals surface area (Å²) in [6.45, 7) is 2.05. The monoisotopic (exact) mass is 422 g/mol. The summed E-state index contributed by atoms with van der Waals surface area (Å²) in [6.07, 6.45) is 6.46. The highest BCUT2D eigenvalue weighted by Crippen LogP contribution is 2.35. The van der Waals surface area contributed by atoms with Crippen LogP contribution in [0.2, 0.25) is 0 Å². The van der Waals surface area contributed by atoms with Gasteiger partial charge in [0.05, 0.1) is 6.26 Å². The molecule has 2 heterocycles. The Morgan fingerprint density at radius 2 is 1.93 bits per heavy atom. The molecule has 0 radical (unpaired) electrons. The van der Waals surface area contributed by atoms with Crippen molar-refractivity contribution in [3.05, 3.63) is 76.4 Å². The van der Waals surface area contributed by atoms with Crippen LogP contribution in [0.3, 0.4) is 0 Å². The van der Waals surface area contributed by atoms with Crippen molar-refractivity contribution in [3.8, 4) is 0 Å². The van der Waals surface area contributed by atoms with Crippen LogP contribution >= 0.6 is 11.3 Å². The zero-order chi connectivity index (χ0) is 20.9. The molecule has 0 bridgehead atoms. The molecule has 1 aliphatic carbocycles. The number of hydrogen-bond donors (Lipinski definition) is 1. The first-order valence-electron chi connectivity index (χ1n) is 10.5. The number of aryl methyl sites for hydroxylation is 1. The van der Waals surface area contributed by atoms with Gasteiger partial charge in [0.15, 0.2) is 11.8 Å². The minimum atomic E-state index is -0.754. The van der Waals surface area contributed by atoms with Crippen molar-refractivity contribution in [2.24, 2.45) is 0 Å². The van der Waals surface area contributed by atoms with Gasteiger partial charge in [-0.1, -0.05) is 44.0 Å². The second-order valence-corrected chi connectivity index (χ2v) is 8.52. The Morgan fingerprint density at radius 1 is 1.13 bits per heavy atom. The number of thiophene rings is 1. The maximum atomic E-state index is 13.6. The Bertz CT molecular complexity index is 976. The van der Waals surface area contributed by atoms with Crippen molar-refractivity contribution in [3.63, 3.8) is 0 Å². The highest BCUT2D eigenvalue weighted by molar-refractivity contribution is 7.10. The molecule has 0 spiro atoms. The average molecular weight is 423 g/mol. The van der Waals surface area contributed by atoms with Crippen LogP contribution in [0.4, 0.5) is 5.69 Å². The van der Waals surface area contributed by atoms with Crippen LogP contribution in [0.5, 0.6) is 0 Å². The number of carbonyl (C=O) groups is 2. The van der Waals surface area contributed by atoms with Gasteiger partial charge in [-0.15, -0.1) is 11.3 Å². The van der Waals surface area contributed by atoms with E-state index in [2.05, 4.69) is 5.32 Å². The summed E-state index contributed by atoms with van der Waals surface area (Å²) in [6, 6.07) is 14.3. The summed E-state index contributed by atoms with van der Waals surface area (Å²) in [5.41, 5.74) is 1.74. The van der Waals surface area contributed by atoms with Crippen LogP contribution in [-0.4, -0.2) is 17.9 Å². The minimum Gasteiger partial charge on any atom is -0.459 e. The highest BCUT2D eigenvalue weighted by atomic mass is 32.1. The maximum Gasteiger partial charge on any atom is 0.295 e. The van der Waals surface area contributed by atoms with Crippen molar-refractivity contribution >= 4 is 28.8 Å². The molecule has 3 aromatic rings. The van der Waals surface area contributed by atoms with Crippen molar-refractivity contribution in [2.45, 2.75) is 51.1 Å². The Labute approximate surface area is 180 Å². The molecule has 1 aliphatic rings. The lowest BCUT2D eigenvalue weighted by atomic mass is 10.0. The molecule has 5 nitrogen and oxygen atoms in total. The zero-order valence-corrected chi connectivity index (χ0v) is 17.9. The number of rotatable bonds is 7. The molecule has 156 valence electrons. The van der Waals surface area contributed by atoms with Gasteiger partial charge >= 0.3 is 0 Å². The first-order chi connectivity index (χ1) is 14.7. The highest BCUT2D eigenvalue weighted by Gasteiger charge is 2.37. The van der Waals surface area contributed by atoms with E-state index in [-0.39, 0.29) is 23.6 Å². The molecule has 30 heavy (non-hydrogen) atoms. The number of carbonyl (C=O) groups excluding carboxylic acids is 2. The number of anilines is 1. The van der Waals surface area contributed by atoms with Gasteiger partial charge in [-0.2, -0.15) is 0 Å². The molecule has 2 aromatic heterocycles. The molecule has 1 atom stereocenters. The predicted molar refractivity (Wildman–Crippen MR) is 119 cm³/mol. The standard InChI is InChI=1S/C24H26N2O3S/c1-2-17-9-3-6-12-19(17)26(24(28)20-13-7-15-29-20)22(21-14-8-16-30-21)23(27)25-18-10-4-5-11-18/h3,6-9,12-16,18,22H,2,4-5,10-11H2,1H3,(H,25,27)/t22-/m1/s1. The summed E-state index contributed by atoms with van der Waals surface area (Å²) < 4.78 is 5.43. The topological polar surface area (TPSA) is 62.6 Å². The molecule has 4 rings (SSSR count). The Morgan fingerprint density at radius 3 is 2.60 bits per heavy atom. The summed E-state index contributed by atoms with van der Waals surface area (Å²) in [5.74, 6) is -0.243. The van der Waals surface area contributed by atoms with Crippen molar-refractivity contribution < 1.29 is 14.0 Å². The molecule has 0 unspecified atom stereocenters. The van der Waals surface area contributed by atoms with E-state index in [9.17, 15) is 9.59 Å². The van der Waals surface area contributed by atoms with Crippen LogP contribution in [0.15, 0.2) is 64.6 Å². The van der Waals surface area contributed by atoms with Gasteiger partial charge in [0.1, 0.15) is 0 Å². The van der Waals surface area contributed by atoms with E-state index in [4.69, 9.17) is 4.42 Å². The molecule has 1 fully saturated rings. The molecule has 1 N–H and O–H groups in total. The summed E-state index contributed by atoms with van der Waals surface area (Å²) >= 11 is 1.48. The van der Waals surface area contributed by atoms with Crippen molar-refractivity contribution in [1.29, 1.82) is 0 Å². The summed E-state index contributed by atoms with van der Waals surface area (Å²) in [4.78, 5) is 29.6. The minimum absolute atomic E-state index is 0.143. The van der Waals surface area contributed by atoms with Crippen LogP contribution in [0.25, 0.3) is 0 Å². The number of nitrogens with zero attached hydrogens (tertiary/aromatic N) is 1. The van der Waals surface area contributed by atoms with E-state index in [1.807, 2.05) is 48.7 Å². The number of nitrogens with one attached hydrogen (secondary N) is 1. The molecule has 1 aromatic carbocycles. The number of amides is 2. The van der Waals surface area contributed by atoms with E-state index in [1.54, 1.807) is 17.0 Å².